The van der Waals surface area contributed by atoms with Crippen LogP contribution in [0.1, 0.15) is 5.56 Å². The second kappa shape index (κ2) is 5.76. The summed E-state index contributed by atoms with van der Waals surface area (Å²) in [6.07, 6.45) is 3.05. The number of nitrogens with zero attached hydrogens (tertiary/aromatic N) is 4. The van der Waals surface area contributed by atoms with Gasteiger partial charge in [-0.1, -0.05) is 12.1 Å². The van der Waals surface area contributed by atoms with Crippen molar-refractivity contribution in [1.82, 2.24) is 24.5 Å². The fourth-order valence-electron chi connectivity index (χ4n) is 1.96. The summed E-state index contributed by atoms with van der Waals surface area (Å²) >= 11 is 0. The van der Waals surface area contributed by atoms with Crippen LogP contribution in [-0.2, 0) is 17.9 Å². The predicted octanol–water partition coefficient (Wildman–Crippen LogP) is 0.346. The Labute approximate surface area is 124 Å². The maximum atomic E-state index is 12.8. The minimum atomic E-state index is -0.431. The van der Waals surface area contributed by atoms with Gasteiger partial charge in [-0.3, -0.25) is 4.79 Å². The van der Waals surface area contributed by atoms with Crippen LogP contribution in [0, 0.1) is 5.82 Å². The van der Waals surface area contributed by atoms with Gasteiger partial charge >= 0.3 is 5.69 Å². The molecular weight excluding hydrogens is 289 g/mol. The van der Waals surface area contributed by atoms with Gasteiger partial charge in [0.1, 0.15) is 12.4 Å². The van der Waals surface area contributed by atoms with E-state index >= 15 is 0 Å². The molecule has 2 heterocycles. The van der Waals surface area contributed by atoms with Crippen LogP contribution in [-0.4, -0.2) is 25.1 Å². The van der Waals surface area contributed by atoms with Gasteiger partial charge in [-0.2, -0.15) is 0 Å². The molecule has 0 saturated heterocycles. The Balaban J connectivity index is 1.67. The zero-order valence-electron chi connectivity index (χ0n) is 11.4. The van der Waals surface area contributed by atoms with Crippen LogP contribution < -0.4 is 11.0 Å². The SMILES string of the molecule is O=C(Cn1nc2ncccn2c1=O)NCc1ccc(F)cc1. The molecule has 3 aromatic rings. The Morgan fingerprint density at radius 1 is 1.27 bits per heavy atom. The summed E-state index contributed by atoms with van der Waals surface area (Å²) in [5, 5.41) is 6.61. The van der Waals surface area contributed by atoms with Crippen molar-refractivity contribution in [3.8, 4) is 0 Å². The van der Waals surface area contributed by atoms with E-state index in [0.29, 0.717) is 0 Å². The molecule has 0 bridgehead atoms. The van der Waals surface area contributed by atoms with E-state index in [1.165, 1.54) is 28.9 Å². The second-order valence-electron chi connectivity index (χ2n) is 4.63. The van der Waals surface area contributed by atoms with Gasteiger partial charge in [0.05, 0.1) is 0 Å². The molecule has 2 aromatic heterocycles. The Bertz CT molecular complexity index is 869. The van der Waals surface area contributed by atoms with Crippen molar-refractivity contribution in [2.24, 2.45) is 0 Å². The van der Waals surface area contributed by atoms with Crippen LogP contribution in [0.3, 0.4) is 0 Å². The van der Waals surface area contributed by atoms with Crippen molar-refractivity contribution in [3.63, 3.8) is 0 Å². The van der Waals surface area contributed by atoms with E-state index in [1.54, 1.807) is 18.2 Å². The first-order chi connectivity index (χ1) is 10.6. The van der Waals surface area contributed by atoms with E-state index in [4.69, 9.17) is 0 Å². The molecule has 8 heteroatoms. The van der Waals surface area contributed by atoms with Crippen molar-refractivity contribution in [2.45, 2.75) is 13.1 Å². The van der Waals surface area contributed by atoms with Gasteiger partial charge in [0.15, 0.2) is 0 Å². The largest absolute Gasteiger partial charge is 0.352 e. The van der Waals surface area contributed by atoms with Crippen molar-refractivity contribution in [3.05, 3.63) is 64.6 Å². The third-order valence-corrected chi connectivity index (χ3v) is 3.06. The lowest BCUT2D eigenvalue weighted by molar-refractivity contribution is -0.122. The minimum absolute atomic E-state index is 0.205. The molecule has 7 nitrogen and oxygen atoms in total. The van der Waals surface area contributed by atoms with Gasteiger partial charge in [-0.25, -0.2) is 23.3 Å². The Kier molecular flexibility index (Phi) is 3.65. The van der Waals surface area contributed by atoms with E-state index in [1.807, 2.05) is 0 Å². The second-order valence-corrected chi connectivity index (χ2v) is 4.63. The number of hydrogen-bond acceptors (Lipinski definition) is 4. The summed E-state index contributed by atoms with van der Waals surface area (Å²) in [5.41, 5.74) is 0.332. The minimum Gasteiger partial charge on any atom is -0.350 e. The van der Waals surface area contributed by atoms with Crippen LogP contribution in [0.4, 0.5) is 4.39 Å². The van der Waals surface area contributed by atoms with Gasteiger partial charge < -0.3 is 5.32 Å². The molecule has 0 aliphatic heterocycles. The van der Waals surface area contributed by atoms with Crippen molar-refractivity contribution in [1.29, 1.82) is 0 Å². The number of benzene rings is 1. The van der Waals surface area contributed by atoms with Crippen molar-refractivity contribution < 1.29 is 9.18 Å². The lowest BCUT2D eigenvalue weighted by Gasteiger charge is -2.04. The number of fused-ring (bicyclic) bond motifs is 1. The fraction of sp³-hybridized carbons (Fsp3) is 0.143. The third kappa shape index (κ3) is 2.85. The third-order valence-electron chi connectivity index (χ3n) is 3.06. The topological polar surface area (TPSA) is 81.3 Å². The Hall–Kier alpha value is -3.03. The number of carbonyl (C=O) groups excluding carboxylic acids is 1. The number of amides is 1. The van der Waals surface area contributed by atoms with Gasteiger partial charge in [-0.15, -0.1) is 5.10 Å². The molecule has 3 rings (SSSR count). The summed E-state index contributed by atoms with van der Waals surface area (Å²) in [6, 6.07) is 7.40. The number of halogens is 1. The van der Waals surface area contributed by atoms with Crippen LogP contribution in [0.5, 0.6) is 0 Å². The molecule has 1 N–H and O–H groups in total. The first-order valence-corrected chi connectivity index (χ1v) is 6.55. The first kappa shape index (κ1) is 13.9. The highest BCUT2D eigenvalue weighted by atomic mass is 19.1. The quantitative estimate of drug-likeness (QED) is 0.754. The van der Waals surface area contributed by atoms with Crippen molar-refractivity contribution >= 4 is 11.7 Å². The molecule has 0 atom stereocenters. The summed E-state index contributed by atoms with van der Waals surface area (Å²) in [4.78, 5) is 27.8. The summed E-state index contributed by atoms with van der Waals surface area (Å²) < 4.78 is 15.1. The first-order valence-electron chi connectivity index (χ1n) is 6.55. The van der Waals surface area contributed by atoms with E-state index in [-0.39, 0.29) is 30.6 Å². The van der Waals surface area contributed by atoms with E-state index in [2.05, 4.69) is 15.4 Å². The Morgan fingerprint density at radius 3 is 2.77 bits per heavy atom. The normalized spacial score (nSPS) is 10.8. The standard InChI is InChI=1S/C14H12FN5O2/c15-11-4-2-10(3-5-11)8-17-12(21)9-20-14(22)19-7-1-6-16-13(19)18-20/h1-7H,8-9H2,(H,17,21). The number of rotatable bonds is 4. The lowest BCUT2D eigenvalue weighted by atomic mass is 10.2. The van der Waals surface area contributed by atoms with E-state index < -0.39 is 5.69 Å². The summed E-state index contributed by atoms with van der Waals surface area (Å²) in [7, 11) is 0. The molecule has 0 fully saturated rings. The van der Waals surface area contributed by atoms with Crippen LogP contribution in [0.2, 0.25) is 0 Å². The number of hydrogen-bond donors (Lipinski definition) is 1. The highest BCUT2D eigenvalue weighted by Crippen LogP contribution is 2.02. The van der Waals surface area contributed by atoms with E-state index in [0.717, 1.165) is 10.2 Å². The molecule has 0 unspecified atom stereocenters. The predicted molar refractivity (Wildman–Crippen MR) is 75.5 cm³/mol. The number of carbonyl (C=O) groups is 1. The maximum Gasteiger partial charge on any atom is 0.352 e. The molecule has 0 spiro atoms. The highest BCUT2D eigenvalue weighted by molar-refractivity contribution is 5.75. The molecule has 0 aliphatic rings. The van der Waals surface area contributed by atoms with Crippen molar-refractivity contribution in [2.75, 3.05) is 0 Å². The summed E-state index contributed by atoms with van der Waals surface area (Å²) in [6.45, 7) is 0.0445. The lowest BCUT2D eigenvalue weighted by Crippen LogP contribution is -2.32. The molecular formula is C14H12FN5O2. The van der Waals surface area contributed by atoms with Crippen LogP contribution in [0.15, 0.2) is 47.5 Å². The zero-order chi connectivity index (χ0) is 15.5. The van der Waals surface area contributed by atoms with Gasteiger partial charge in [-0.05, 0) is 23.8 Å². The summed E-state index contributed by atoms with van der Waals surface area (Å²) in [5.74, 6) is -0.465. The average Bonchev–Trinajstić information content (AvgIpc) is 2.83. The fourth-order valence-corrected chi connectivity index (χ4v) is 1.96. The molecule has 112 valence electrons. The van der Waals surface area contributed by atoms with E-state index in [9.17, 15) is 14.0 Å². The number of nitrogens with one attached hydrogen (secondary N) is 1. The highest BCUT2D eigenvalue weighted by Gasteiger charge is 2.10. The molecule has 1 amide bonds. The zero-order valence-corrected chi connectivity index (χ0v) is 11.4. The van der Waals surface area contributed by atoms with Crippen LogP contribution >= 0.6 is 0 Å². The molecule has 0 saturated carbocycles. The molecule has 0 radical (unpaired) electrons. The average molecular weight is 301 g/mol. The van der Waals surface area contributed by atoms with Gasteiger partial charge in [0.25, 0.3) is 5.78 Å². The molecule has 1 aromatic carbocycles. The molecule has 22 heavy (non-hydrogen) atoms. The Morgan fingerprint density at radius 2 is 2.05 bits per heavy atom. The monoisotopic (exact) mass is 301 g/mol. The van der Waals surface area contributed by atoms with Crippen LogP contribution in [0.25, 0.3) is 5.78 Å². The number of aromatic nitrogens is 4. The van der Waals surface area contributed by atoms with Gasteiger partial charge in [0.2, 0.25) is 5.91 Å². The van der Waals surface area contributed by atoms with Gasteiger partial charge in [0, 0.05) is 18.9 Å². The maximum absolute atomic E-state index is 12.8. The smallest absolute Gasteiger partial charge is 0.350 e. The molecule has 0 aliphatic carbocycles.